The van der Waals surface area contributed by atoms with Gasteiger partial charge in [0.2, 0.25) is 0 Å². The van der Waals surface area contributed by atoms with E-state index in [2.05, 4.69) is 22.4 Å². The first-order valence-corrected chi connectivity index (χ1v) is 7.03. The van der Waals surface area contributed by atoms with Crippen LogP contribution in [0.5, 0.6) is 5.75 Å². The molecule has 2 rings (SSSR count). The molecule has 1 aromatic heterocycles. The average molecular weight is 291 g/mol. The fourth-order valence-electron chi connectivity index (χ4n) is 2.13. The predicted molar refractivity (Wildman–Crippen MR) is 82.4 cm³/mol. The van der Waals surface area contributed by atoms with Crippen molar-refractivity contribution in [3.63, 3.8) is 0 Å². The van der Waals surface area contributed by atoms with Gasteiger partial charge in [-0.3, -0.25) is 4.98 Å². The monoisotopic (exact) mass is 290 g/mol. The van der Waals surface area contributed by atoms with Gasteiger partial charge < -0.3 is 10.1 Å². The van der Waals surface area contributed by atoms with Crippen molar-refractivity contribution in [2.75, 3.05) is 7.05 Å². The van der Waals surface area contributed by atoms with Gasteiger partial charge in [0.05, 0.1) is 17.2 Å². The number of rotatable bonds is 5. The zero-order valence-corrected chi connectivity index (χ0v) is 12.7. The van der Waals surface area contributed by atoms with Crippen molar-refractivity contribution < 1.29 is 4.74 Å². The van der Waals surface area contributed by atoms with Gasteiger partial charge in [-0.2, -0.15) is 0 Å². The van der Waals surface area contributed by atoms with Crippen LogP contribution in [-0.2, 0) is 0 Å². The first-order chi connectivity index (χ1) is 9.61. The van der Waals surface area contributed by atoms with E-state index in [-0.39, 0.29) is 12.1 Å². The molecule has 0 aliphatic rings. The summed E-state index contributed by atoms with van der Waals surface area (Å²) in [6.07, 6.45) is 3.59. The first-order valence-electron chi connectivity index (χ1n) is 6.65. The van der Waals surface area contributed by atoms with E-state index < -0.39 is 0 Å². The summed E-state index contributed by atoms with van der Waals surface area (Å²) >= 11 is 6.22. The molecular weight excluding hydrogens is 272 g/mol. The largest absolute Gasteiger partial charge is 0.491 e. The fraction of sp³-hybridized carbons (Fsp3) is 0.312. The molecule has 0 amide bonds. The summed E-state index contributed by atoms with van der Waals surface area (Å²) in [6, 6.07) is 10.0. The van der Waals surface area contributed by atoms with Crippen LogP contribution in [-0.4, -0.2) is 18.1 Å². The standard InChI is InChI=1S/C16H19ClN2O/c1-11(2)20-13-6-4-12(5-7-13)16(18-3)14-8-9-19-10-15(14)17/h4-11,16,18H,1-3H3. The number of ether oxygens (including phenoxy) is 1. The zero-order valence-electron chi connectivity index (χ0n) is 11.9. The fourth-order valence-corrected chi connectivity index (χ4v) is 2.36. The van der Waals surface area contributed by atoms with Crippen LogP contribution in [0.25, 0.3) is 0 Å². The Hall–Kier alpha value is -1.58. The second kappa shape index (κ2) is 6.73. The van der Waals surface area contributed by atoms with Crippen molar-refractivity contribution in [1.29, 1.82) is 0 Å². The molecule has 2 aromatic rings. The maximum absolute atomic E-state index is 6.22. The Morgan fingerprint density at radius 1 is 1.15 bits per heavy atom. The SMILES string of the molecule is CNC(c1ccc(OC(C)C)cc1)c1ccncc1Cl. The lowest BCUT2D eigenvalue weighted by Gasteiger charge is -2.19. The molecule has 3 nitrogen and oxygen atoms in total. The highest BCUT2D eigenvalue weighted by atomic mass is 35.5. The summed E-state index contributed by atoms with van der Waals surface area (Å²) in [5.41, 5.74) is 2.15. The van der Waals surface area contributed by atoms with Gasteiger partial charge in [0.25, 0.3) is 0 Å². The third kappa shape index (κ3) is 3.50. The molecule has 0 spiro atoms. The Labute approximate surface area is 124 Å². The van der Waals surface area contributed by atoms with Crippen molar-refractivity contribution in [2.45, 2.75) is 26.0 Å². The Morgan fingerprint density at radius 2 is 1.85 bits per heavy atom. The maximum atomic E-state index is 6.22. The molecule has 0 fully saturated rings. The Bertz CT molecular complexity index is 555. The topological polar surface area (TPSA) is 34.1 Å². The first kappa shape index (κ1) is 14.8. The number of halogens is 1. The number of aromatic nitrogens is 1. The molecule has 0 bridgehead atoms. The summed E-state index contributed by atoms with van der Waals surface area (Å²) < 4.78 is 5.66. The summed E-state index contributed by atoms with van der Waals surface area (Å²) in [4.78, 5) is 4.02. The predicted octanol–water partition coefficient (Wildman–Crippen LogP) is 3.83. The van der Waals surface area contributed by atoms with Gasteiger partial charge in [0, 0.05) is 12.4 Å². The van der Waals surface area contributed by atoms with E-state index in [1.807, 2.05) is 39.1 Å². The molecule has 0 aliphatic carbocycles. The number of nitrogens with zero attached hydrogens (tertiary/aromatic N) is 1. The highest BCUT2D eigenvalue weighted by Crippen LogP contribution is 2.28. The lowest BCUT2D eigenvalue weighted by Crippen LogP contribution is -2.18. The summed E-state index contributed by atoms with van der Waals surface area (Å²) in [7, 11) is 1.92. The molecule has 0 aliphatic heterocycles. The van der Waals surface area contributed by atoms with E-state index in [4.69, 9.17) is 16.3 Å². The summed E-state index contributed by atoms with van der Waals surface area (Å²) in [5, 5.41) is 3.94. The Kier molecular flexibility index (Phi) is 4.99. The molecule has 0 saturated heterocycles. The van der Waals surface area contributed by atoms with Gasteiger partial charge in [-0.25, -0.2) is 0 Å². The van der Waals surface area contributed by atoms with E-state index in [1.54, 1.807) is 12.4 Å². The highest BCUT2D eigenvalue weighted by Gasteiger charge is 2.15. The van der Waals surface area contributed by atoms with Gasteiger partial charge in [-0.05, 0) is 50.2 Å². The Balaban J connectivity index is 2.26. The third-order valence-electron chi connectivity index (χ3n) is 2.99. The van der Waals surface area contributed by atoms with E-state index in [9.17, 15) is 0 Å². The summed E-state index contributed by atoms with van der Waals surface area (Å²) in [5.74, 6) is 0.874. The number of hydrogen-bond acceptors (Lipinski definition) is 3. The molecule has 1 unspecified atom stereocenters. The minimum Gasteiger partial charge on any atom is -0.491 e. The van der Waals surface area contributed by atoms with Crippen LogP contribution in [0.2, 0.25) is 5.02 Å². The number of hydrogen-bond donors (Lipinski definition) is 1. The van der Waals surface area contributed by atoms with Gasteiger partial charge >= 0.3 is 0 Å². The van der Waals surface area contributed by atoms with Crippen LogP contribution >= 0.6 is 11.6 Å². The van der Waals surface area contributed by atoms with E-state index in [0.717, 1.165) is 16.9 Å². The molecule has 0 saturated carbocycles. The van der Waals surface area contributed by atoms with Crippen LogP contribution in [0.4, 0.5) is 0 Å². The second-order valence-corrected chi connectivity index (χ2v) is 5.26. The maximum Gasteiger partial charge on any atom is 0.119 e. The zero-order chi connectivity index (χ0) is 14.5. The average Bonchev–Trinajstić information content (AvgIpc) is 2.43. The molecule has 106 valence electrons. The Morgan fingerprint density at radius 3 is 2.40 bits per heavy atom. The number of nitrogens with one attached hydrogen (secondary N) is 1. The van der Waals surface area contributed by atoms with E-state index >= 15 is 0 Å². The number of benzene rings is 1. The van der Waals surface area contributed by atoms with Crippen molar-refractivity contribution in [3.05, 3.63) is 58.9 Å². The third-order valence-corrected chi connectivity index (χ3v) is 3.30. The molecule has 4 heteroatoms. The van der Waals surface area contributed by atoms with Gasteiger partial charge in [0.15, 0.2) is 0 Å². The summed E-state index contributed by atoms with van der Waals surface area (Å²) in [6.45, 7) is 4.03. The van der Waals surface area contributed by atoms with Crippen molar-refractivity contribution in [1.82, 2.24) is 10.3 Å². The van der Waals surface area contributed by atoms with Crippen LogP contribution < -0.4 is 10.1 Å². The van der Waals surface area contributed by atoms with Gasteiger partial charge in [-0.15, -0.1) is 0 Å². The minimum atomic E-state index is 0.0404. The van der Waals surface area contributed by atoms with Crippen molar-refractivity contribution in [2.24, 2.45) is 0 Å². The van der Waals surface area contributed by atoms with Crippen molar-refractivity contribution in [3.8, 4) is 5.75 Å². The molecule has 1 atom stereocenters. The van der Waals surface area contributed by atoms with Gasteiger partial charge in [0.1, 0.15) is 5.75 Å². The van der Waals surface area contributed by atoms with Crippen LogP contribution in [0.15, 0.2) is 42.7 Å². The molecule has 20 heavy (non-hydrogen) atoms. The smallest absolute Gasteiger partial charge is 0.119 e. The molecular formula is C16H19ClN2O. The lowest BCUT2D eigenvalue weighted by atomic mass is 10.00. The van der Waals surface area contributed by atoms with E-state index in [0.29, 0.717) is 5.02 Å². The van der Waals surface area contributed by atoms with Crippen molar-refractivity contribution >= 4 is 11.6 Å². The molecule has 1 heterocycles. The highest BCUT2D eigenvalue weighted by molar-refractivity contribution is 6.31. The molecule has 1 aromatic carbocycles. The van der Waals surface area contributed by atoms with Crippen LogP contribution in [0.1, 0.15) is 31.0 Å². The lowest BCUT2D eigenvalue weighted by molar-refractivity contribution is 0.242. The second-order valence-electron chi connectivity index (χ2n) is 4.85. The van der Waals surface area contributed by atoms with E-state index in [1.165, 1.54) is 0 Å². The normalized spacial score (nSPS) is 12.4. The minimum absolute atomic E-state index is 0.0404. The van der Waals surface area contributed by atoms with Crippen LogP contribution in [0, 0.1) is 0 Å². The number of pyridine rings is 1. The van der Waals surface area contributed by atoms with Gasteiger partial charge in [-0.1, -0.05) is 23.7 Å². The quantitative estimate of drug-likeness (QED) is 0.909. The molecule has 1 N–H and O–H groups in total. The molecule has 0 radical (unpaired) electrons. The van der Waals surface area contributed by atoms with Crippen LogP contribution in [0.3, 0.4) is 0 Å².